The number of likely N-dealkylation sites (tertiary alicyclic amines) is 1. The van der Waals surface area contributed by atoms with Crippen LogP contribution in [0.15, 0.2) is 29.4 Å². The second-order valence-electron chi connectivity index (χ2n) is 6.77. The Hall–Kier alpha value is -2.22. The Morgan fingerprint density at radius 3 is 2.81 bits per heavy atom. The monoisotopic (exact) mass is 390 g/mol. The van der Waals surface area contributed by atoms with Gasteiger partial charge in [-0.15, -0.1) is 10.2 Å². The average molecular weight is 391 g/mol. The molecule has 0 N–H and O–H groups in total. The van der Waals surface area contributed by atoms with Crippen molar-refractivity contribution in [3.63, 3.8) is 0 Å². The van der Waals surface area contributed by atoms with Crippen LogP contribution in [0.1, 0.15) is 25.6 Å². The Bertz CT molecular complexity index is 780. The number of thioether (sulfide) groups is 1. The number of para-hydroxylation sites is 2. The average Bonchev–Trinajstić information content (AvgIpc) is 3.04. The maximum absolute atomic E-state index is 12.4. The number of methoxy groups -OCH3 is 1. The lowest BCUT2D eigenvalue weighted by atomic mass is 10.0. The number of carbonyl (C=O) groups is 1. The molecule has 2 aromatic rings. The summed E-state index contributed by atoms with van der Waals surface area (Å²) < 4.78 is 13.0. The second kappa shape index (κ2) is 9.12. The number of hydrogen-bond donors (Lipinski definition) is 0. The van der Waals surface area contributed by atoms with Gasteiger partial charge >= 0.3 is 0 Å². The molecule has 1 unspecified atom stereocenters. The predicted molar refractivity (Wildman–Crippen MR) is 104 cm³/mol. The molecule has 0 radical (unpaired) electrons. The molecule has 0 aliphatic carbocycles. The minimum Gasteiger partial charge on any atom is -0.493 e. The van der Waals surface area contributed by atoms with Gasteiger partial charge in [0.2, 0.25) is 5.91 Å². The first kappa shape index (κ1) is 19.5. The SMILES string of the molecule is COc1ccccc1OCc1nnc(SCC(=O)N2CCCC(C)C2)n1C. The first-order chi connectivity index (χ1) is 13.1. The molecule has 1 aromatic heterocycles. The van der Waals surface area contributed by atoms with Crippen molar-refractivity contribution in [3.8, 4) is 11.5 Å². The summed E-state index contributed by atoms with van der Waals surface area (Å²) >= 11 is 1.42. The quantitative estimate of drug-likeness (QED) is 0.677. The molecule has 1 amide bonds. The third-order valence-corrected chi connectivity index (χ3v) is 5.69. The van der Waals surface area contributed by atoms with E-state index in [1.165, 1.54) is 18.2 Å². The van der Waals surface area contributed by atoms with E-state index in [1.807, 2.05) is 40.8 Å². The van der Waals surface area contributed by atoms with Crippen LogP contribution in [0.2, 0.25) is 0 Å². The van der Waals surface area contributed by atoms with Gasteiger partial charge in [-0.05, 0) is 30.9 Å². The summed E-state index contributed by atoms with van der Waals surface area (Å²) in [6, 6.07) is 7.48. The van der Waals surface area contributed by atoms with Gasteiger partial charge in [-0.3, -0.25) is 4.79 Å². The molecule has 146 valence electrons. The fraction of sp³-hybridized carbons (Fsp3) is 0.526. The first-order valence-electron chi connectivity index (χ1n) is 9.13. The molecule has 0 saturated carbocycles. The normalized spacial score (nSPS) is 17.0. The Balaban J connectivity index is 1.54. The van der Waals surface area contributed by atoms with Crippen molar-refractivity contribution in [1.82, 2.24) is 19.7 Å². The van der Waals surface area contributed by atoms with Gasteiger partial charge in [0.1, 0.15) is 6.61 Å². The summed E-state index contributed by atoms with van der Waals surface area (Å²) in [6.07, 6.45) is 2.29. The van der Waals surface area contributed by atoms with E-state index in [9.17, 15) is 4.79 Å². The van der Waals surface area contributed by atoms with E-state index in [4.69, 9.17) is 9.47 Å². The molecule has 3 rings (SSSR count). The molecule has 0 spiro atoms. The summed E-state index contributed by atoms with van der Waals surface area (Å²) in [7, 11) is 3.50. The Morgan fingerprint density at radius 1 is 1.30 bits per heavy atom. The van der Waals surface area contributed by atoms with Crippen molar-refractivity contribution >= 4 is 17.7 Å². The number of carbonyl (C=O) groups excluding carboxylic acids is 1. The van der Waals surface area contributed by atoms with Crippen molar-refractivity contribution in [2.45, 2.75) is 31.5 Å². The highest BCUT2D eigenvalue weighted by Gasteiger charge is 2.21. The maximum atomic E-state index is 12.4. The molecule has 1 aliphatic heterocycles. The van der Waals surface area contributed by atoms with Gasteiger partial charge in [-0.25, -0.2) is 0 Å². The number of benzene rings is 1. The molecule has 8 heteroatoms. The van der Waals surface area contributed by atoms with E-state index < -0.39 is 0 Å². The smallest absolute Gasteiger partial charge is 0.233 e. The minimum atomic E-state index is 0.168. The lowest BCUT2D eigenvalue weighted by Gasteiger charge is -2.30. The van der Waals surface area contributed by atoms with Gasteiger partial charge in [-0.2, -0.15) is 0 Å². The highest BCUT2D eigenvalue weighted by Crippen LogP contribution is 2.27. The summed E-state index contributed by atoms with van der Waals surface area (Å²) in [6.45, 7) is 4.20. The van der Waals surface area contributed by atoms with E-state index in [-0.39, 0.29) is 12.5 Å². The molecule has 1 fully saturated rings. The highest BCUT2D eigenvalue weighted by atomic mass is 32.2. The number of hydrogen-bond acceptors (Lipinski definition) is 6. The van der Waals surface area contributed by atoms with Crippen molar-refractivity contribution in [3.05, 3.63) is 30.1 Å². The van der Waals surface area contributed by atoms with Crippen LogP contribution in [0.4, 0.5) is 0 Å². The van der Waals surface area contributed by atoms with E-state index in [2.05, 4.69) is 17.1 Å². The van der Waals surface area contributed by atoms with Crippen LogP contribution in [0.3, 0.4) is 0 Å². The summed E-state index contributed by atoms with van der Waals surface area (Å²) in [5, 5.41) is 9.10. The topological polar surface area (TPSA) is 69.5 Å². The van der Waals surface area contributed by atoms with Crippen LogP contribution in [0, 0.1) is 5.92 Å². The van der Waals surface area contributed by atoms with Gasteiger partial charge < -0.3 is 18.9 Å². The van der Waals surface area contributed by atoms with E-state index >= 15 is 0 Å². The number of rotatable bonds is 7. The molecule has 1 atom stereocenters. The van der Waals surface area contributed by atoms with Crippen LogP contribution in [0.5, 0.6) is 11.5 Å². The fourth-order valence-corrected chi connectivity index (χ4v) is 3.94. The molecule has 1 saturated heterocycles. The zero-order chi connectivity index (χ0) is 19.2. The molecule has 2 heterocycles. The van der Waals surface area contributed by atoms with E-state index in [0.717, 1.165) is 19.5 Å². The number of piperidine rings is 1. The Labute approximate surface area is 164 Å². The molecule has 7 nitrogen and oxygen atoms in total. The molecular formula is C19H26N4O3S. The number of ether oxygens (including phenoxy) is 2. The third-order valence-electron chi connectivity index (χ3n) is 4.69. The van der Waals surface area contributed by atoms with Gasteiger partial charge in [-0.1, -0.05) is 30.8 Å². The van der Waals surface area contributed by atoms with Gasteiger partial charge in [0, 0.05) is 20.1 Å². The van der Waals surface area contributed by atoms with Crippen LogP contribution in [0.25, 0.3) is 0 Å². The fourth-order valence-electron chi connectivity index (χ4n) is 3.11. The second-order valence-corrected chi connectivity index (χ2v) is 7.72. The number of nitrogens with zero attached hydrogens (tertiary/aromatic N) is 4. The van der Waals surface area contributed by atoms with Crippen molar-refractivity contribution < 1.29 is 14.3 Å². The van der Waals surface area contributed by atoms with Crippen LogP contribution >= 0.6 is 11.8 Å². The predicted octanol–water partition coefficient (Wildman–Crippen LogP) is 2.75. The van der Waals surface area contributed by atoms with Crippen LogP contribution < -0.4 is 9.47 Å². The van der Waals surface area contributed by atoms with Crippen molar-refractivity contribution in [2.75, 3.05) is 26.0 Å². The van der Waals surface area contributed by atoms with Crippen molar-refractivity contribution in [2.24, 2.45) is 13.0 Å². The van der Waals surface area contributed by atoms with E-state index in [0.29, 0.717) is 34.2 Å². The zero-order valence-electron chi connectivity index (χ0n) is 16.1. The Morgan fingerprint density at radius 2 is 2.07 bits per heavy atom. The van der Waals surface area contributed by atoms with Crippen LogP contribution in [-0.2, 0) is 18.4 Å². The number of amides is 1. The Kier molecular flexibility index (Phi) is 6.60. The lowest BCUT2D eigenvalue weighted by Crippen LogP contribution is -2.40. The number of aromatic nitrogens is 3. The summed E-state index contributed by atoms with van der Waals surface area (Å²) in [4.78, 5) is 14.4. The third kappa shape index (κ3) is 4.94. The van der Waals surface area contributed by atoms with E-state index in [1.54, 1.807) is 7.11 Å². The van der Waals surface area contributed by atoms with Gasteiger partial charge in [0.05, 0.1) is 12.9 Å². The standard InChI is InChI=1S/C19H26N4O3S/c1-14-7-6-10-23(11-14)18(24)13-27-19-21-20-17(22(19)2)12-26-16-9-5-4-8-15(16)25-3/h4-5,8-9,14H,6-7,10-13H2,1-3H3. The zero-order valence-corrected chi connectivity index (χ0v) is 16.9. The minimum absolute atomic E-state index is 0.168. The van der Waals surface area contributed by atoms with Gasteiger partial charge in [0.25, 0.3) is 0 Å². The largest absolute Gasteiger partial charge is 0.493 e. The molecule has 27 heavy (non-hydrogen) atoms. The van der Waals surface area contributed by atoms with Gasteiger partial charge in [0.15, 0.2) is 22.5 Å². The highest BCUT2D eigenvalue weighted by molar-refractivity contribution is 7.99. The molecule has 1 aliphatic rings. The molecule has 1 aromatic carbocycles. The first-order valence-corrected chi connectivity index (χ1v) is 10.1. The lowest BCUT2D eigenvalue weighted by molar-refractivity contribution is -0.130. The summed E-state index contributed by atoms with van der Waals surface area (Å²) in [5.41, 5.74) is 0. The van der Waals surface area contributed by atoms with Crippen molar-refractivity contribution in [1.29, 1.82) is 0 Å². The van der Waals surface area contributed by atoms with Crippen LogP contribution in [-0.4, -0.2) is 51.5 Å². The summed E-state index contributed by atoms with van der Waals surface area (Å²) in [5.74, 6) is 3.17. The maximum Gasteiger partial charge on any atom is 0.233 e. The molecule has 0 bridgehead atoms. The molecular weight excluding hydrogens is 364 g/mol.